The normalized spacial score (nSPS) is 21.0. The Balaban J connectivity index is 1.46. The summed E-state index contributed by atoms with van der Waals surface area (Å²) in [4.78, 5) is 12.4. The van der Waals surface area contributed by atoms with E-state index in [2.05, 4.69) is 10.6 Å². The van der Waals surface area contributed by atoms with Crippen LogP contribution in [0.2, 0.25) is 0 Å². The van der Waals surface area contributed by atoms with Crippen molar-refractivity contribution in [2.24, 2.45) is 0 Å². The van der Waals surface area contributed by atoms with Gasteiger partial charge in [-0.15, -0.1) is 0 Å². The number of urea groups is 1. The van der Waals surface area contributed by atoms with E-state index in [1.54, 1.807) is 12.1 Å². The van der Waals surface area contributed by atoms with Crippen molar-refractivity contribution in [1.29, 1.82) is 0 Å². The summed E-state index contributed by atoms with van der Waals surface area (Å²) in [5.41, 5.74) is 1.63. The standard InChI is InChI=1S/C18H17FN2O3/c19-13-6-3-5-12-14(8-9-23-17(12)13)20-18(22)21-15-10-24-16-7-2-1-4-11(15)16/h1-7,14-15H,8-10H2,(H2,20,21,22)/t14-,15?/m0/s1. The van der Waals surface area contributed by atoms with Gasteiger partial charge in [0.25, 0.3) is 0 Å². The van der Waals surface area contributed by atoms with E-state index >= 15 is 0 Å². The Morgan fingerprint density at radius 3 is 2.71 bits per heavy atom. The second-order valence-electron chi connectivity index (χ2n) is 5.87. The van der Waals surface area contributed by atoms with E-state index in [9.17, 15) is 9.18 Å². The summed E-state index contributed by atoms with van der Waals surface area (Å²) < 4.78 is 24.7. The van der Waals surface area contributed by atoms with Crippen molar-refractivity contribution < 1.29 is 18.7 Å². The van der Waals surface area contributed by atoms with Gasteiger partial charge in [-0.1, -0.05) is 30.3 Å². The molecule has 0 aliphatic carbocycles. The van der Waals surface area contributed by atoms with Crippen LogP contribution in [0, 0.1) is 5.82 Å². The zero-order valence-corrected chi connectivity index (χ0v) is 12.9. The van der Waals surface area contributed by atoms with Crippen LogP contribution in [0.5, 0.6) is 11.5 Å². The van der Waals surface area contributed by atoms with E-state index in [0.717, 1.165) is 11.3 Å². The van der Waals surface area contributed by atoms with Crippen LogP contribution in [0.1, 0.15) is 29.6 Å². The summed E-state index contributed by atoms with van der Waals surface area (Å²) in [5, 5.41) is 5.83. The molecule has 0 fully saturated rings. The van der Waals surface area contributed by atoms with Gasteiger partial charge in [-0.25, -0.2) is 9.18 Å². The van der Waals surface area contributed by atoms with E-state index < -0.39 is 5.82 Å². The number of para-hydroxylation sites is 2. The third-order valence-corrected chi connectivity index (χ3v) is 4.34. The van der Waals surface area contributed by atoms with Gasteiger partial charge >= 0.3 is 6.03 Å². The molecule has 24 heavy (non-hydrogen) atoms. The van der Waals surface area contributed by atoms with E-state index in [1.165, 1.54) is 6.07 Å². The van der Waals surface area contributed by atoms with Gasteiger partial charge in [0, 0.05) is 17.5 Å². The highest BCUT2D eigenvalue weighted by molar-refractivity contribution is 5.75. The van der Waals surface area contributed by atoms with E-state index in [-0.39, 0.29) is 23.9 Å². The molecule has 0 aromatic heterocycles. The largest absolute Gasteiger partial charge is 0.491 e. The van der Waals surface area contributed by atoms with Gasteiger partial charge in [-0.2, -0.15) is 0 Å². The number of nitrogens with one attached hydrogen (secondary N) is 2. The molecular weight excluding hydrogens is 311 g/mol. The predicted octanol–water partition coefficient (Wildman–Crippen LogP) is 3.08. The molecule has 0 radical (unpaired) electrons. The highest BCUT2D eigenvalue weighted by atomic mass is 19.1. The van der Waals surface area contributed by atoms with Crippen molar-refractivity contribution in [1.82, 2.24) is 10.6 Å². The summed E-state index contributed by atoms with van der Waals surface area (Å²) in [6.07, 6.45) is 0.599. The Bertz CT molecular complexity index is 781. The van der Waals surface area contributed by atoms with Crippen molar-refractivity contribution in [3.63, 3.8) is 0 Å². The molecule has 2 aromatic rings. The molecule has 2 heterocycles. The van der Waals surface area contributed by atoms with Crippen LogP contribution >= 0.6 is 0 Å². The van der Waals surface area contributed by atoms with Crippen molar-refractivity contribution in [2.75, 3.05) is 13.2 Å². The molecule has 2 aliphatic heterocycles. The molecule has 0 saturated heterocycles. The third-order valence-electron chi connectivity index (χ3n) is 4.34. The minimum Gasteiger partial charge on any atom is -0.491 e. The quantitative estimate of drug-likeness (QED) is 0.891. The van der Waals surface area contributed by atoms with E-state index in [4.69, 9.17) is 9.47 Å². The van der Waals surface area contributed by atoms with Crippen molar-refractivity contribution in [2.45, 2.75) is 18.5 Å². The summed E-state index contributed by atoms with van der Waals surface area (Å²) in [6.45, 7) is 0.778. The average Bonchev–Trinajstić information content (AvgIpc) is 2.99. The lowest BCUT2D eigenvalue weighted by atomic mass is 10.0. The number of carbonyl (C=O) groups is 1. The fourth-order valence-electron chi connectivity index (χ4n) is 3.18. The van der Waals surface area contributed by atoms with Crippen molar-refractivity contribution >= 4 is 6.03 Å². The monoisotopic (exact) mass is 328 g/mol. The number of hydrogen-bond donors (Lipinski definition) is 2. The Labute approximate surface area is 138 Å². The zero-order chi connectivity index (χ0) is 16.5. The van der Waals surface area contributed by atoms with Crippen LogP contribution in [0.3, 0.4) is 0 Å². The SMILES string of the molecule is O=C(NC1COc2ccccc21)N[C@H]1CCOc2c(F)cccc21. The van der Waals surface area contributed by atoms with Crippen LogP contribution in [0.4, 0.5) is 9.18 Å². The summed E-state index contributed by atoms with van der Waals surface area (Å²) >= 11 is 0. The number of fused-ring (bicyclic) bond motifs is 2. The van der Waals surface area contributed by atoms with E-state index in [1.807, 2.05) is 24.3 Å². The average molecular weight is 328 g/mol. The molecule has 0 bridgehead atoms. The minimum atomic E-state index is -0.405. The molecule has 2 amide bonds. The van der Waals surface area contributed by atoms with E-state index in [0.29, 0.717) is 25.2 Å². The number of hydrogen-bond acceptors (Lipinski definition) is 3. The smallest absolute Gasteiger partial charge is 0.315 e. The highest BCUT2D eigenvalue weighted by Crippen LogP contribution is 2.34. The molecule has 2 aromatic carbocycles. The first-order chi connectivity index (χ1) is 11.7. The lowest BCUT2D eigenvalue weighted by Crippen LogP contribution is -2.41. The molecule has 4 rings (SSSR count). The number of rotatable bonds is 2. The number of carbonyl (C=O) groups excluding carboxylic acids is 1. The van der Waals surface area contributed by atoms with Gasteiger partial charge in [0.15, 0.2) is 11.6 Å². The Morgan fingerprint density at radius 2 is 1.79 bits per heavy atom. The molecule has 1 unspecified atom stereocenters. The van der Waals surface area contributed by atoms with Crippen LogP contribution < -0.4 is 20.1 Å². The Kier molecular flexibility index (Phi) is 3.72. The molecule has 124 valence electrons. The number of amides is 2. The van der Waals surface area contributed by atoms with Gasteiger partial charge in [0.2, 0.25) is 0 Å². The predicted molar refractivity (Wildman–Crippen MR) is 85.6 cm³/mol. The van der Waals surface area contributed by atoms with Crippen molar-refractivity contribution in [3.8, 4) is 11.5 Å². The topological polar surface area (TPSA) is 59.6 Å². The van der Waals surface area contributed by atoms with Crippen LogP contribution in [0.25, 0.3) is 0 Å². The fourth-order valence-corrected chi connectivity index (χ4v) is 3.18. The Morgan fingerprint density at radius 1 is 1.00 bits per heavy atom. The van der Waals surface area contributed by atoms with Crippen LogP contribution in [-0.2, 0) is 0 Å². The zero-order valence-electron chi connectivity index (χ0n) is 12.9. The van der Waals surface area contributed by atoms with Gasteiger partial charge < -0.3 is 20.1 Å². The first-order valence-corrected chi connectivity index (χ1v) is 7.92. The lowest BCUT2D eigenvalue weighted by molar-refractivity contribution is 0.214. The molecule has 0 spiro atoms. The van der Waals surface area contributed by atoms with Gasteiger partial charge in [-0.3, -0.25) is 0 Å². The first-order valence-electron chi connectivity index (χ1n) is 7.92. The molecule has 5 nitrogen and oxygen atoms in total. The number of halogens is 1. The van der Waals surface area contributed by atoms with Gasteiger partial charge in [0.1, 0.15) is 12.4 Å². The van der Waals surface area contributed by atoms with Crippen LogP contribution in [-0.4, -0.2) is 19.2 Å². The van der Waals surface area contributed by atoms with Crippen LogP contribution in [0.15, 0.2) is 42.5 Å². The molecule has 2 aliphatic rings. The molecule has 0 saturated carbocycles. The fraction of sp³-hybridized carbons (Fsp3) is 0.278. The maximum atomic E-state index is 13.8. The first kappa shape index (κ1) is 14.8. The second kappa shape index (κ2) is 6.03. The number of benzene rings is 2. The van der Waals surface area contributed by atoms with Gasteiger partial charge in [0.05, 0.1) is 18.7 Å². The molecule has 2 atom stereocenters. The number of ether oxygens (including phenoxy) is 2. The maximum Gasteiger partial charge on any atom is 0.315 e. The summed E-state index contributed by atoms with van der Waals surface area (Å²) in [7, 11) is 0. The minimum absolute atomic E-state index is 0.187. The molecule has 2 N–H and O–H groups in total. The third kappa shape index (κ3) is 2.64. The summed E-state index contributed by atoms with van der Waals surface area (Å²) in [6, 6.07) is 11.6. The lowest BCUT2D eigenvalue weighted by Gasteiger charge is -2.27. The summed E-state index contributed by atoms with van der Waals surface area (Å²) in [5.74, 6) is 0.613. The second-order valence-corrected chi connectivity index (χ2v) is 5.87. The molecule has 6 heteroatoms. The van der Waals surface area contributed by atoms with Crippen molar-refractivity contribution in [3.05, 3.63) is 59.4 Å². The maximum absolute atomic E-state index is 13.8. The highest BCUT2D eigenvalue weighted by Gasteiger charge is 2.28. The Hall–Kier alpha value is -2.76. The molecular formula is C18H17FN2O3. The van der Waals surface area contributed by atoms with Gasteiger partial charge in [-0.05, 0) is 12.1 Å².